The van der Waals surface area contributed by atoms with Crippen LogP contribution in [-0.4, -0.2) is 18.5 Å². The van der Waals surface area contributed by atoms with Gasteiger partial charge in [0.25, 0.3) is 5.91 Å². The smallest absolute Gasteiger partial charge is 0.338 e. The maximum Gasteiger partial charge on any atom is 0.338 e. The van der Waals surface area contributed by atoms with Crippen molar-refractivity contribution in [3.05, 3.63) is 93.6 Å². The van der Waals surface area contributed by atoms with Crippen molar-refractivity contribution >= 4 is 91.4 Å². The van der Waals surface area contributed by atoms with E-state index in [4.69, 9.17) is 9.47 Å². The summed E-state index contributed by atoms with van der Waals surface area (Å²) in [7, 11) is 0. The molecule has 6 nitrogen and oxygen atoms in total. The summed E-state index contributed by atoms with van der Waals surface area (Å²) in [6.45, 7) is 2.46. The zero-order chi connectivity index (χ0) is 25.4. The molecule has 0 saturated carbocycles. The third kappa shape index (κ3) is 7.91. The van der Waals surface area contributed by atoms with Gasteiger partial charge in [-0.3, -0.25) is 4.79 Å². The van der Waals surface area contributed by atoms with Gasteiger partial charge in [0, 0.05) is 9.26 Å². The summed E-state index contributed by atoms with van der Waals surface area (Å²) in [6.07, 6.45) is 1.54. The summed E-state index contributed by atoms with van der Waals surface area (Å²) < 4.78 is 13.9. The molecule has 1 N–H and O–H groups in total. The molecule has 1 amide bonds. The lowest BCUT2D eigenvalue weighted by atomic mass is 10.1. The Morgan fingerprint density at radius 1 is 1.00 bits per heavy atom. The van der Waals surface area contributed by atoms with Gasteiger partial charge in [0.05, 0.1) is 19.3 Å². The van der Waals surface area contributed by atoms with E-state index in [9.17, 15) is 14.9 Å². The van der Waals surface area contributed by atoms with Gasteiger partial charge in [0.15, 0.2) is 0 Å². The van der Waals surface area contributed by atoms with Crippen LogP contribution in [-0.2, 0) is 16.1 Å². The molecule has 0 radical (unpaired) electrons. The Bertz CT molecular complexity index is 1270. The number of anilines is 1. The van der Waals surface area contributed by atoms with Crippen molar-refractivity contribution in [2.75, 3.05) is 11.9 Å². The first-order valence-electron chi connectivity index (χ1n) is 10.4. The van der Waals surface area contributed by atoms with Gasteiger partial charge in [-0.25, -0.2) is 4.79 Å². The van der Waals surface area contributed by atoms with Crippen molar-refractivity contribution in [1.82, 2.24) is 0 Å². The fourth-order valence-corrected chi connectivity index (χ4v) is 5.44. The van der Waals surface area contributed by atoms with Crippen LogP contribution in [0, 0.1) is 22.0 Å². The van der Waals surface area contributed by atoms with E-state index >= 15 is 0 Å². The van der Waals surface area contributed by atoms with Gasteiger partial charge in [0.1, 0.15) is 24.0 Å². The molecule has 3 aromatic rings. The van der Waals surface area contributed by atoms with Gasteiger partial charge in [-0.1, -0.05) is 12.1 Å². The number of nitriles is 1. The maximum absolute atomic E-state index is 12.7. The number of nitrogens with one attached hydrogen (secondary N) is 1. The Hall–Kier alpha value is -2.18. The minimum atomic E-state index is -0.541. The summed E-state index contributed by atoms with van der Waals surface area (Å²) in [4.78, 5) is 24.4. The molecule has 35 heavy (non-hydrogen) atoms. The second-order valence-electron chi connectivity index (χ2n) is 7.15. The summed E-state index contributed by atoms with van der Waals surface area (Å²) in [5.74, 6) is -0.217. The predicted molar refractivity (Wildman–Crippen MR) is 160 cm³/mol. The van der Waals surface area contributed by atoms with Crippen molar-refractivity contribution in [3.8, 4) is 11.8 Å². The molecule has 0 unspecified atom stereocenters. The second kappa shape index (κ2) is 13.2. The average molecular weight is 804 g/mol. The molecule has 0 heterocycles. The minimum absolute atomic E-state index is 0.0429. The number of nitrogens with zero attached hydrogens (tertiary/aromatic N) is 1. The highest BCUT2D eigenvalue weighted by molar-refractivity contribution is 14.1. The Labute approximate surface area is 244 Å². The van der Waals surface area contributed by atoms with E-state index in [1.54, 1.807) is 31.2 Å². The van der Waals surface area contributed by atoms with Crippen molar-refractivity contribution in [1.29, 1.82) is 5.26 Å². The van der Waals surface area contributed by atoms with E-state index in [1.807, 2.05) is 42.5 Å². The quantitative estimate of drug-likeness (QED) is 0.117. The van der Waals surface area contributed by atoms with E-state index in [1.165, 1.54) is 6.08 Å². The van der Waals surface area contributed by atoms with Gasteiger partial charge in [0.2, 0.25) is 0 Å². The van der Waals surface area contributed by atoms with Crippen LogP contribution in [0.15, 0.2) is 66.2 Å². The molecule has 3 aromatic carbocycles. The highest BCUT2D eigenvalue weighted by Gasteiger charge is 2.13. The van der Waals surface area contributed by atoms with Crippen molar-refractivity contribution in [2.24, 2.45) is 0 Å². The second-order valence-corrected chi connectivity index (χ2v) is 10.7. The van der Waals surface area contributed by atoms with Crippen LogP contribution >= 0.6 is 67.8 Å². The number of halogens is 3. The minimum Gasteiger partial charge on any atom is -0.487 e. The number of carbonyl (C=O) groups excluding carboxylic acids is 2. The van der Waals surface area contributed by atoms with E-state index in [-0.39, 0.29) is 12.2 Å². The molecule has 0 fully saturated rings. The van der Waals surface area contributed by atoms with Crippen LogP contribution in [0.4, 0.5) is 5.69 Å². The number of rotatable bonds is 8. The molecule has 0 aliphatic heterocycles. The van der Waals surface area contributed by atoms with Crippen LogP contribution in [0.5, 0.6) is 5.75 Å². The summed E-state index contributed by atoms with van der Waals surface area (Å²) in [5, 5.41) is 12.2. The van der Waals surface area contributed by atoms with Crippen molar-refractivity contribution in [2.45, 2.75) is 13.5 Å². The lowest BCUT2D eigenvalue weighted by molar-refractivity contribution is -0.112. The molecule has 3 rings (SSSR count). The van der Waals surface area contributed by atoms with E-state index in [2.05, 4.69) is 73.1 Å². The SMILES string of the molecule is CCOC(=O)c1ccc(NC(=O)/C(C#N)=C/c2cc(I)c(OCc3ccc(I)cc3)c(I)c2)cc1. The van der Waals surface area contributed by atoms with Crippen molar-refractivity contribution < 1.29 is 19.1 Å². The van der Waals surface area contributed by atoms with Gasteiger partial charge in [-0.05, 0) is 140 Å². The first-order valence-corrected chi connectivity index (χ1v) is 13.6. The van der Waals surface area contributed by atoms with E-state index in [0.717, 1.165) is 22.0 Å². The Morgan fingerprint density at radius 3 is 2.20 bits per heavy atom. The number of esters is 1. The molecule has 0 bridgehead atoms. The zero-order valence-electron chi connectivity index (χ0n) is 18.5. The number of benzene rings is 3. The summed E-state index contributed by atoms with van der Waals surface area (Å²) >= 11 is 6.64. The highest BCUT2D eigenvalue weighted by atomic mass is 127. The standard InChI is InChI=1S/C26H19I3N2O4/c1-2-34-26(33)18-5-9-21(10-6-18)31-25(32)19(14-30)11-17-12-22(28)24(23(29)13-17)35-15-16-3-7-20(27)8-4-16/h3-13H,2,15H2,1H3,(H,31,32)/b19-11+. The zero-order valence-corrected chi connectivity index (χ0v) is 25.0. The van der Waals surface area contributed by atoms with Gasteiger partial charge in [-0.15, -0.1) is 0 Å². The van der Waals surface area contributed by atoms with Crippen LogP contribution in [0.2, 0.25) is 0 Å². The number of amides is 1. The lowest BCUT2D eigenvalue weighted by Gasteiger charge is -2.12. The first-order chi connectivity index (χ1) is 16.8. The fraction of sp³-hybridized carbons (Fsp3) is 0.115. The first kappa shape index (κ1) is 27.4. The van der Waals surface area contributed by atoms with Crippen LogP contribution in [0.25, 0.3) is 6.08 Å². The third-order valence-corrected chi connectivity index (χ3v) is 6.97. The molecule has 0 spiro atoms. The molecule has 0 saturated heterocycles. The molecule has 0 atom stereocenters. The van der Waals surface area contributed by atoms with Gasteiger partial charge in [-0.2, -0.15) is 5.26 Å². The highest BCUT2D eigenvalue weighted by Crippen LogP contribution is 2.30. The number of carbonyl (C=O) groups is 2. The van der Waals surface area contributed by atoms with E-state index in [0.29, 0.717) is 23.4 Å². The molecule has 0 aliphatic rings. The number of ether oxygens (including phenoxy) is 2. The lowest BCUT2D eigenvalue weighted by Crippen LogP contribution is -2.13. The molecule has 0 aromatic heterocycles. The fourth-order valence-electron chi connectivity index (χ4n) is 2.95. The van der Waals surface area contributed by atoms with E-state index < -0.39 is 11.9 Å². The largest absolute Gasteiger partial charge is 0.487 e. The monoisotopic (exact) mass is 804 g/mol. The predicted octanol–water partition coefficient (Wildman–Crippen LogP) is 6.80. The molecule has 9 heteroatoms. The number of hydrogen-bond donors (Lipinski definition) is 1. The molecular weight excluding hydrogens is 785 g/mol. The number of hydrogen-bond acceptors (Lipinski definition) is 5. The molecule has 178 valence electrons. The Kier molecular flexibility index (Phi) is 10.4. The molecular formula is C26H19I3N2O4. The Balaban J connectivity index is 1.71. The summed E-state index contributed by atoms with van der Waals surface area (Å²) in [5.41, 5.74) is 2.59. The maximum atomic E-state index is 12.7. The van der Waals surface area contributed by atoms with Crippen LogP contribution in [0.3, 0.4) is 0 Å². The third-order valence-electron chi connectivity index (χ3n) is 4.65. The van der Waals surface area contributed by atoms with Crippen LogP contribution < -0.4 is 10.1 Å². The van der Waals surface area contributed by atoms with Gasteiger partial charge >= 0.3 is 5.97 Å². The van der Waals surface area contributed by atoms with Crippen molar-refractivity contribution in [3.63, 3.8) is 0 Å². The molecule has 0 aliphatic carbocycles. The Morgan fingerprint density at radius 2 is 1.63 bits per heavy atom. The van der Waals surface area contributed by atoms with Crippen LogP contribution in [0.1, 0.15) is 28.4 Å². The average Bonchev–Trinajstić information content (AvgIpc) is 2.83. The normalized spacial score (nSPS) is 10.9. The summed E-state index contributed by atoms with van der Waals surface area (Å²) in [6, 6.07) is 20.1. The van der Waals surface area contributed by atoms with Gasteiger partial charge < -0.3 is 14.8 Å². The topological polar surface area (TPSA) is 88.4 Å².